The van der Waals surface area contributed by atoms with Crippen LogP contribution in [0.5, 0.6) is 0 Å². The molecule has 0 bridgehead atoms. The number of hydrogen-bond acceptors (Lipinski definition) is 3. The maximum atomic E-state index is 5.54. The van der Waals surface area contributed by atoms with E-state index in [9.17, 15) is 0 Å². The van der Waals surface area contributed by atoms with E-state index in [-0.39, 0.29) is 0 Å². The summed E-state index contributed by atoms with van der Waals surface area (Å²) in [4.78, 5) is 16.6. The molecule has 0 aliphatic heterocycles. The number of rotatable bonds is 6. The molecule has 5 nitrogen and oxygen atoms in total. The Morgan fingerprint density at radius 2 is 0.662 bits per heavy atom. The van der Waals surface area contributed by atoms with Crippen LogP contribution in [-0.2, 0) is 0 Å². The van der Waals surface area contributed by atoms with Crippen molar-refractivity contribution in [1.82, 2.24) is 24.1 Å². The van der Waals surface area contributed by atoms with E-state index < -0.39 is 0 Å². The largest absolute Gasteiger partial charge is 0.309 e. The molecule has 5 heteroatoms. The van der Waals surface area contributed by atoms with Gasteiger partial charge in [0.2, 0.25) is 5.95 Å². The first-order valence-corrected chi connectivity index (χ1v) is 23.1. The highest BCUT2D eigenvalue weighted by atomic mass is 15.2. The third-order valence-electron chi connectivity index (χ3n) is 13.8. The first kappa shape index (κ1) is 38.1. The molecule has 0 unspecified atom stereocenters. The van der Waals surface area contributed by atoms with Gasteiger partial charge in [0.05, 0.1) is 27.8 Å². The van der Waals surface area contributed by atoms with Gasteiger partial charge in [0.15, 0.2) is 11.6 Å². The monoisotopic (exact) mass is 865 g/mol. The van der Waals surface area contributed by atoms with Gasteiger partial charge < -0.3 is 4.57 Å². The number of hydrogen-bond donors (Lipinski definition) is 0. The lowest BCUT2D eigenvalue weighted by Gasteiger charge is -2.16. The van der Waals surface area contributed by atoms with E-state index in [0.29, 0.717) is 17.6 Å². The van der Waals surface area contributed by atoms with Crippen molar-refractivity contribution < 1.29 is 0 Å². The lowest BCUT2D eigenvalue weighted by molar-refractivity contribution is 0.952. The average molecular weight is 866 g/mol. The van der Waals surface area contributed by atoms with Gasteiger partial charge in [-0.2, -0.15) is 9.97 Å². The fourth-order valence-corrected chi connectivity index (χ4v) is 10.7. The predicted molar refractivity (Wildman–Crippen MR) is 283 cm³/mol. The zero-order chi connectivity index (χ0) is 44.7. The van der Waals surface area contributed by atoms with E-state index in [2.05, 4.69) is 246 Å². The van der Waals surface area contributed by atoms with Crippen LogP contribution >= 0.6 is 0 Å². The molecular formula is C63H39N5. The first-order valence-electron chi connectivity index (χ1n) is 23.1. The van der Waals surface area contributed by atoms with Crippen molar-refractivity contribution in [2.45, 2.75) is 0 Å². The summed E-state index contributed by atoms with van der Waals surface area (Å²) < 4.78 is 4.58. The highest BCUT2D eigenvalue weighted by molar-refractivity contribution is 6.26. The summed E-state index contributed by atoms with van der Waals surface area (Å²) in [5, 5.41) is 12.1. The van der Waals surface area contributed by atoms with Gasteiger partial charge >= 0.3 is 0 Å². The van der Waals surface area contributed by atoms with Gasteiger partial charge in [-0.05, 0) is 97.0 Å². The molecule has 0 aliphatic rings. The molecular weight excluding hydrogens is 827 g/mol. The van der Waals surface area contributed by atoms with Crippen molar-refractivity contribution in [1.29, 1.82) is 0 Å². The van der Waals surface area contributed by atoms with Crippen LogP contribution < -0.4 is 0 Å². The molecule has 0 amide bonds. The van der Waals surface area contributed by atoms with Crippen molar-refractivity contribution in [3.63, 3.8) is 0 Å². The summed E-state index contributed by atoms with van der Waals surface area (Å²) >= 11 is 0. The quantitative estimate of drug-likeness (QED) is 0.156. The fraction of sp³-hybridized carbons (Fsp3) is 0. The van der Waals surface area contributed by atoms with Gasteiger partial charge in [0.1, 0.15) is 0 Å². The number of fused-ring (bicyclic) bond motifs is 12. The van der Waals surface area contributed by atoms with Gasteiger partial charge in [0.25, 0.3) is 0 Å². The zero-order valence-electron chi connectivity index (χ0n) is 36.8. The Balaban J connectivity index is 1.05. The van der Waals surface area contributed by atoms with Crippen molar-refractivity contribution >= 4 is 75.9 Å². The second kappa shape index (κ2) is 15.2. The molecule has 0 radical (unpaired) electrons. The minimum Gasteiger partial charge on any atom is -0.309 e. The Morgan fingerprint density at radius 1 is 0.235 bits per heavy atom. The van der Waals surface area contributed by atoms with Gasteiger partial charge in [-0.1, -0.05) is 194 Å². The van der Waals surface area contributed by atoms with E-state index in [1.165, 1.54) is 43.1 Å². The Hall–Kier alpha value is -9.19. The molecule has 3 heterocycles. The third-order valence-corrected chi connectivity index (χ3v) is 13.8. The SMILES string of the molecule is c1ccc(-c2ccc3c4ccccc4n(-c4nc(-c5ccccc5-c5ccc6c7ccccc7c7ccccc7c6c5)nc(-c5ccccc5-n5c6ccccc6c6ccccc65)n4)c3c2)cc1. The Bertz CT molecular complexity index is 4240. The molecule has 0 N–H and O–H groups in total. The van der Waals surface area contributed by atoms with Crippen LogP contribution in [-0.4, -0.2) is 24.1 Å². The van der Waals surface area contributed by atoms with Crippen LogP contribution in [0.4, 0.5) is 0 Å². The summed E-state index contributed by atoms with van der Waals surface area (Å²) in [5.41, 5.74) is 11.5. The van der Waals surface area contributed by atoms with E-state index in [0.717, 1.165) is 71.9 Å². The summed E-state index contributed by atoms with van der Waals surface area (Å²) in [5.74, 6) is 1.72. The van der Waals surface area contributed by atoms with Crippen molar-refractivity contribution in [2.24, 2.45) is 0 Å². The molecule has 316 valence electrons. The van der Waals surface area contributed by atoms with Crippen molar-refractivity contribution in [3.05, 3.63) is 237 Å². The number of aromatic nitrogens is 5. The van der Waals surface area contributed by atoms with Crippen LogP contribution in [0.2, 0.25) is 0 Å². The summed E-state index contributed by atoms with van der Waals surface area (Å²) in [6, 6.07) is 84.5. The van der Waals surface area contributed by atoms with Crippen LogP contribution in [0.15, 0.2) is 237 Å². The highest BCUT2D eigenvalue weighted by Gasteiger charge is 2.23. The fourth-order valence-electron chi connectivity index (χ4n) is 10.7. The topological polar surface area (TPSA) is 48.5 Å². The van der Waals surface area contributed by atoms with Crippen molar-refractivity contribution in [3.8, 4) is 56.7 Å². The molecule has 0 spiro atoms. The lowest BCUT2D eigenvalue weighted by atomic mass is 9.91. The van der Waals surface area contributed by atoms with Crippen molar-refractivity contribution in [2.75, 3.05) is 0 Å². The molecule has 0 saturated heterocycles. The maximum Gasteiger partial charge on any atom is 0.238 e. The minimum absolute atomic E-state index is 0.546. The standard InChI is InChI=1S/C63H39N5/c1-2-18-40(19-3-1)41-34-37-52-51-27-12-16-32-58(51)68(60(52)39-41)63-65-61(64-62(66-63)54-29-13-17-33-59(54)67-56-30-14-10-25-49(56)50-26-11-15-31-57(50)67)53-28-9-4-20-43(53)42-35-36-48-46-23-6-5-21-44(46)45-22-7-8-24-47(45)55(48)38-42/h1-39H. The molecule has 0 atom stereocenters. The molecule has 68 heavy (non-hydrogen) atoms. The zero-order valence-corrected chi connectivity index (χ0v) is 36.8. The second-order valence-corrected chi connectivity index (χ2v) is 17.5. The summed E-state index contributed by atoms with van der Waals surface area (Å²) in [6.07, 6.45) is 0. The number of benzene rings is 11. The minimum atomic E-state index is 0.546. The predicted octanol–water partition coefficient (Wildman–Crippen LogP) is 16.2. The molecule has 14 rings (SSSR count). The highest BCUT2D eigenvalue weighted by Crippen LogP contribution is 2.41. The first-order chi connectivity index (χ1) is 33.7. The molecule has 14 aromatic rings. The van der Waals surface area contributed by atoms with Crippen LogP contribution in [0, 0.1) is 0 Å². The van der Waals surface area contributed by atoms with E-state index in [4.69, 9.17) is 15.0 Å². The van der Waals surface area contributed by atoms with E-state index >= 15 is 0 Å². The van der Waals surface area contributed by atoms with E-state index in [1.807, 2.05) is 0 Å². The summed E-state index contributed by atoms with van der Waals surface area (Å²) in [6.45, 7) is 0. The van der Waals surface area contributed by atoms with Crippen LogP contribution in [0.25, 0.3) is 133 Å². The number of para-hydroxylation sites is 4. The third kappa shape index (κ3) is 5.86. The Kier molecular flexibility index (Phi) is 8.52. The van der Waals surface area contributed by atoms with Crippen LogP contribution in [0.3, 0.4) is 0 Å². The second-order valence-electron chi connectivity index (χ2n) is 17.5. The number of nitrogens with zero attached hydrogens (tertiary/aromatic N) is 5. The lowest BCUT2D eigenvalue weighted by Crippen LogP contribution is -2.08. The Labute approximate surface area is 391 Å². The molecule has 3 aromatic heterocycles. The van der Waals surface area contributed by atoms with E-state index in [1.54, 1.807) is 0 Å². The maximum absolute atomic E-state index is 5.54. The molecule has 11 aromatic carbocycles. The molecule has 0 fully saturated rings. The van der Waals surface area contributed by atoms with Gasteiger partial charge in [-0.15, -0.1) is 0 Å². The molecule has 0 aliphatic carbocycles. The van der Waals surface area contributed by atoms with Gasteiger partial charge in [0, 0.05) is 32.7 Å². The summed E-state index contributed by atoms with van der Waals surface area (Å²) in [7, 11) is 0. The Morgan fingerprint density at radius 3 is 1.29 bits per heavy atom. The average Bonchev–Trinajstić information content (AvgIpc) is 3.93. The smallest absolute Gasteiger partial charge is 0.238 e. The van der Waals surface area contributed by atoms with Gasteiger partial charge in [-0.3, -0.25) is 4.57 Å². The van der Waals surface area contributed by atoms with Gasteiger partial charge in [-0.25, -0.2) is 4.98 Å². The molecule has 0 saturated carbocycles. The normalized spacial score (nSPS) is 11.8. The van der Waals surface area contributed by atoms with Crippen LogP contribution in [0.1, 0.15) is 0 Å².